The molecule has 3 amide bonds. The van der Waals surface area contributed by atoms with Crippen molar-refractivity contribution < 1.29 is 27.5 Å². The number of imide groups is 1. The van der Waals surface area contributed by atoms with Crippen LogP contribution < -0.4 is 10.6 Å². The molecule has 2 N–H and O–H groups in total. The maximum absolute atomic E-state index is 12.8. The fourth-order valence-corrected chi connectivity index (χ4v) is 5.64. The van der Waals surface area contributed by atoms with E-state index in [1.165, 1.54) is 35.6 Å². The van der Waals surface area contributed by atoms with Crippen LogP contribution in [0.4, 0.5) is 9.80 Å². The molecule has 0 aliphatic heterocycles. The van der Waals surface area contributed by atoms with Gasteiger partial charge < -0.3 is 10.1 Å². The summed E-state index contributed by atoms with van der Waals surface area (Å²) in [6, 6.07) is 5.66. The molecule has 0 bridgehead atoms. The molecule has 1 aliphatic carbocycles. The number of rotatable bonds is 6. The van der Waals surface area contributed by atoms with Gasteiger partial charge >= 0.3 is 6.09 Å². The molecule has 166 valence electrons. The van der Waals surface area contributed by atoms with Crippen LogP contribution in [0.25, 0.3) is 0 Å². The van der Waals surface area contributed by atoms with E-state index in [0.29, 0.717) is 11.4 Å². The van der Waals surface area contributed by atoms with Crippen molar-refractivity contribution in [3.05, 3.63) is 45.8 Å². The Balaban J connectivity index is 1.83. The first-order valence-electron chi connectivity index (χ1n) is 9.93. The van der Waals surface area contributed by atoms with Gasteiger partial charge in [-0.1, -0.05) is 0 Å². The van der Waals surface area contributed by atoms with Crippen LogP contribution in [-0.2, 0) is 27.4 Å². The largest absolute Gasteiger partial charge is 0.450 e. The molecule has 0 saturated heterocycles. The van der Waals surface area contributed by atoms with Crippen molar-refractivity contribution in [3.63, 3.8) is 0 Å². The van der Waals surface area contributed by atoms with E-state index in [2.05, 4.69) is 10.6 Å². The molecule has 0 fully saturated rings. The standard InChI is InChI=1S/C21H24N2O6S2/c1-4-29-21(26)23-19(25)17-15-6-5-7-16(15)30-20(17)22-18(24)13-8-10-14(11-9-13)31(27,28)12(2)3/h8-12H,4-7H2,1-3H3,(H,22,24)(H,23,25,26). The minimum absolute atomic E-state index is 0.132. The fourth-order valence-electron chi connectivity index (χ4n) is 3.30. The molecule has 10 heteroatoms. The van der Waals surface area contributed by atoms with Crippen molar-refractivity contribution in [2.45, 2.75) is 50.2 Å². The highest BCUT2D eigenvalue weighted by Crippen LogP contribution is 2.39. The summed E-state index contributed by atoms with van der Waals surface area (Å²) in [7, 11) is -3.44. The topological polar surface area (TPSA) is 119 Å². The maximum atomic E-state index is 12.8. The van der Waals surface area contributed by atoms with Crippen molar-refractivity contribution in [1.82, 2.24) is 5.32 Å². The Bertz CT molecular complexity index is 1120. The van der Waals surface area contributed by atoms with Gasteiger partial charge in [-0.2, -0.15) is 0 Å². The number of fused-ring (bicyclic) bond motifs is 1. The van der Waals surface area contributed by atoms with E-state index in [1.807, 2.05) is 0 Å². The zero-order valence-electron chi connectivity index (χ0n) is 17.5. The highest BCUT2D eigenvalue weighted by molar-refractivity contribution is 7.92. The third kappa shape index (κ3) is 4.80. The number of aryl methyl sites for hydroxylation is 1. The minimum Gasteiger partial charge on any atom is -0.450 e. The number of carbonyl (C=O) groups is 3. The number of thiophene rings is 1. The van der Waals surface area contributed by atoms with Gasteiger partial charge in [-0.05, 0) is 69.9 Å². The number of benzene rings is 1. The summed E-state index contributed by atoms with van der Waals surface area (Å²) < 4.78 is 29.3. The van der Waals surface area contributed by atoms with Gasteiger partial charge in [-0.15, -0.1) is 11.3 Å². The smallest absolute Gasteiger partial charge is 0.414 e. The molecule has 1 heterocycles. The lowest BCUT2D eigenvalue weighted by Gasteiger charge is -2.10. The van der Waals surface area contributed by atoms with E-state index in [-0.39, 0.29) is 22.6 Å². The second-order valence-corrected chi connectivity index (χ2v) is 10.9. The van der Waals surface area contributed by atoms with Crippen LogP contribution >= 0.6 is 11.3 Å². The van der Waals surface area contributed by atoms with Crippen LogP contribution in [0.2, 0.25) is 0 Å². The molecule has 0 radical (unpaired) electrons. The summed E-state index contributed by atoms with van der Waals surface area (Å²) in [5.41, 5.74) is 1.37. The Morgan fingerprint density at radius 3 is 2.39 bits per heavy atom. The SMILES string of the molecule is CCOC(=O)NC(=O)c1c(NC(=O)c2ccc(S(=O)(=O)C(C)C)cc2)sc2c1CCC2. The van der Waals surface area contributed by atoms with Gasteiger partial charge in [0, 0.05) is 10.4 Å². The van der Waals surface area contributed by atoms with E-state index < -0.39 is 33.0 Å². The van der Waals surface area contributed by atoms with Gasteiger partial charge in [-0.25, -0.2) is 13.2 Å². The number of hydrogen-bond donors (Lipinski definition) is 2. The monoisotopic (exact) mass is 464 g/mol. The van der Waals surface area contributed by atoms with Gasteiger partial charge in [-0.3, -0.25) is 14.9 Å². The Hall–Kier alpha value is -2.72. The molecule has 8 nitrogen and oxygen atoms in total. The van der Waals surface area contributed by atoms with Crippen LogP contribution in [0.3, 0.4) is 0 Å². The molecule has 1 aliphatic rings. The summed E-state index contributed by atoms with van der Waals surface area (Å²) in [5, 5.41) is 4.72. The van der Waals surface area contributed by atoms with E-state index in [1.54, 1.807) is 20.8 Å². The van der Waals surface area contributed by atoms with Crippen molar-refractivity contribution >= 4 is 44.1 Å². The van der Waals surface area contributed by atoms with Crippen molar-refractivity contribution in [2.75, 3.05) is 11.9 Å². The van der Waals surface area contributed by atoms with Crippen molar-refractivity contribution in [3.8, 4) is 0 Å². The molecular formula is C21H24N2O6S2. The molecule has 1 aromatic heterocycles. The van der Waals surface area contributed by atoms with Crippen LogP contribution in [0.1, 0.15) is 58.3 Å². The van der Waals surface area contributed by atoms with Crippen molar-refractivity contribution in [2.24, 2.45) is 0 Å². The van der Waals surface area contributed by atoms with Gasteiger partial charge in [0.1, 0.15) is 5.00 Å². The Labute approximate surface area is 184 Å². The lowest BCUT2D eigenvalue weighted by atomic mass is 10.1. The third-order valence-corrected chi connectivity index (χ3v) is 8.31. The highest BCUT2D eigenvalue weighted by atomic mass is 32.2. The zero-order chi connectivity index (χ0) is 22.8. The minimum atomic E-state index is -3.44. The van der Waals surface area contributed by atoms with Gasteiger partial charge in [0.25, 0.3) is 11.8 Å². The summed E-state index contributed by atoms with van der Waals surface area (Å²) in [4.78, 5) is 38.3. The zero-order valence-corrected chi connectivity index (χ0v) is 19.1. The number of anilines is 1. The molecule has 1 aromatic carbocycles. The average molecular weight is 465 g/mol. The number of amides is 3. The molecule has 0 saturated carbocycles. The van der Waals surface area contributed by atoms with Gasteiger partial charge in [0.05, 0.1) is 22.3 Å². The quantitative estimate of drug-likeness (QED) is 0.675. The predicted octanol–water partition coefficient (Wildman–Crippen LogP) is 3.56. The first kappa shape index (κ1) is 23.0. The van der Waals surface area contributed by atoms with E-state index in [9.17, 15) is 22.8 Å². The number of hydrogen-bond acceptors (Lipinski definition) is 7. The number of carbonyl (C=O) groups excluding carboxylic acids is 3. The molecule has 2 aromatic rings. The number of nitrogens with one attached hydrogen (secondary N) is 2. The summed E-state index contributed by atoms with van der Waals surface area (Å²) in [6.07, 6.45) is 1.55. The molecule has 0 spiro atoms. The van der Waals surface area contributed by atoms with Crippen LogP contribution in [0, 0.1) is 0 Å². The fraction of sp³-hybridized carbons (Fsp3) is 0.381. The second-order valence-electron chi connectivity index (χ2n) is 7.31. The maximum Gasteiger partial charge on any atom is 0.414 e. The normalized spacial score (nSPS) is 13.0. The van der Waals surface area contributed by atoms with E-state index >= 15 is 0 Å². The summed E-state index contributed by atoms with van der Waals surface area (Å²) in [6.45, 7) is 4.95. The Morgan fingerprint density at radius 1 is 1.10 bits per heavy atom. The first-order chi connectivity index (χ1) is 14.6. The van der Waals surface area contributed by atoms with Gasteiger partial charge in [0.2, 0.25) is 0 Å². The molecule has 0 unspecified atom stereocenters. The molecule has 31 heavy (non-hydrogen) atoms. The third-order valence-electron chi connectivity index (χ3n) is 4.93. The highest BCUT2D eigenvalue weighted by Gasteiger charge is 2.29. The number of alkyl carbamates (subject to hydrolysis) is 1. The van der Waals surface area contributed by atoms with Crippen LogP contribution in [0.15, 0.2) is 29.2 Å². The molecule has 0 atom stereocenters. The Morgan fingerprint density at radius 2 is 1.77 bits per heavy atom. The lowest BCUT2D eigenvalue weighted by Crippen LogP contribution is -2.32. The van der Waals surface area contributed by atoms with Gasteiger partial charge in [0.15, 0.2) is 9.84 Å². The predicted molar refractivity (Wildman–Crippen MR) is 118 cm³/mol. The summed E-state index contributed by atoms with van der Waals surface area (Å²) >= 11 is 1.31. The first-order valence-corrected chi connectivity index (χ1v) is 12.3. The van der Waals surface area contributed by atoms with E-state index in [4.69, 9.17) is 4.74 Å². The average Bonchev–Trinajstić information content (AvgIpc) is 3.28. The number of ether oxygens (including phenoxy) is 1. The summed E-state index contributed by atoms with van der Waals surface area (Å²) in [5.74, 6) is -1.09. The Kier molecular flexibility index (Phi) is 6.80. The number of sulfone groups is 1. The second kappa shape index (κ2) is 9.19. The molecule has 3 rings (SSSR count). The van der Waals surface area contributed by atoms with E-state index in [0.717, 1.165) is 23.3 Å². The molecular weight excluding hydrogens is 440 g/mol. The lowest BCUT2D eigenvalue weighted by molar-refractivity contribution is 0.0925. The van der Waals surface area contributed by atoms with Crippen LogP contribution in [0.5, 0.6) is 0 Å². The van der Waals surface area contributed by atoms with Crippen molar-refractivity contribution in [1.29, 1.82) is 0 Å². The van der Waals surface area contributed by atoms with Crippen LogP contribution in [-0.4, -0.2) is 38.2 Å².